The van der Waals surface area contributed by atoms with Crippen LogP contribution >= 0.6 is 0 Å². The van der Waals surface area contributed by atoms with Crippen LogP contribution in [0, 0.1) is 0 Å². The zero-order valence-electron chi connectivity index (χ0n) is 5.91. The Morgan fingerprint density at radius 2 is 0.636 bits per heavy atom. The fourth-order valence-corrected chi connectivity index (χ4v) is 0.250. The maximum atomic E-state index is 7.50. The Balaban J connectivity index is -0.0000000317. The first kappa shape index (κ1) is 22.4. The minimum atomic E-state index is 0. The minimum Gasteiger partial charge on any atom is -0.281 e. The van der Waals surface area contributed by atoms with Crippen molar-refractivity contribution in [3.8, 4) is 0 Å². The third-order valence-corrected chi connectivity index (χ3v) is 1.000. The van der Waals surface area contributed by atoms with Crippen LogP contribution in [0.1, 0.15) is 25.7 Å². The molecule has 0 amide bonds. The molecular formula is C7H8FeO3. The fraction of sp³-hybridized carbons (Fsp3) is 0.571. The number of rotatable bonds is 0. The maximum absolute atomic E-state index is 7.50. The molecule has 0 unspecified atom stereocenters. The smallest absolute Gasteiger partial charge is 0.281 e. The van der Waals surface area contributed by atoms with E-state index in [0.717, 1.165) is 0 Å². The van der Waals surface area contributed by atoms with Gasteiger partial charge in [0.1, 0.15) is 0 Å². The van der Waals surface area contributed by atoms with E-state index in [9.17, 15) is 0 Å². The summed E-state index contributed by atoms with van der Waals surface area (Å²) in [5.74, 6) is 0. The first-order valence-corrected chi connectivity index (χ1v) is 2.61. The predicted octanol–water partition coefficient (Wildman–Crippen LogP) is 0.367. The maximum Gasteiger partial charge on any atom is 0.281 e. The fourth-order valence-electron chi connectivity index (χ4n) is 0.250. The molecule has 0 aliphatic heterocycles. The molecule has 0 aromatic rings. The Hall–Kier alpha value is -0.471. The van der Waals surface area contributed by atoms with Crippen LogP contribution in [-0.4, -0.2) is 20.4 Å². The SMILES string of the molecule is C1CCC1.[C]=O.[C]=O.[C]=O.[Fe]. The molecule has 1 rings (SSSR count). The molecule has 1 fully saturated rings. The minimum absolute atomic E-state index is 0. The topological polar surface area (TPSA) is 51.2 Å². The van der Waals surface area contributed by atoms with Crippen LogP contribution in [0.2, 0.25) is 0 Å². The van der Waals surface area contributed by atoms with Crippen molar-refractivity contribution in [1.29, 1.82) is 0 Å². The van der Waals surface area contributed by atoms with Gasteiger partial charge in [0.15, 0.2) is 0 Å². The average Bonchev–Trinajstić information content (AvgIpc) is 1.96. The molecular weight excluding hydrogens is 188 g/mol. The van der Waals surface area contributed by atoms with Crippen LogP contribution in [0.4, 0.5) is 0 Å². The van der Waals surface area contributed by atoms with Gasteiger partial charge in [-0.05, 0) is 0 Å². The molecule has 11 heavy (non-hydrogen) atoms. The van der Waals surface area contributed by atoms with E-state index in [2.05, 4.69) is 20.4 Å². The average molecular weight is 196 g/mol. The Labute approximate surface area is 78.0 Å². The zero-order chi connectivity index (χ0) is 8.83. The van der Waals surface area contributed by atoms with Gasteiger partial charge in [-0.25, -0.2) is 0 Å². The van der Waals surface area contributed by atoms with Gasteiger partial charge in [0.2, 0.25) is 0 Å². The second-order valence-corrected chi connectivity index (χ2v) is 1.41. The normalized spacial score (nSPS) is 9.82. The Morgan fingerprint density at radius 3 is 0.636 bits per heavy atom. The van der Waals surface area contributed by atoms with Gasteiger partial charge in [0, 0.05) is 17.1 Å². The molecule has 4 heteroatoms. The third kappa shape index (κ3) is 43.4. The summed E-state index contributed by atoms with van der Waals surface area (Å²) in [7, 11) is 0. The van der Waals surface area contributed by atoms with Gasteiger partial charge in [-0.3, -0.25) is 14.4 Å². The first-order valence-electron chi connectivity index (χ1n) is 2.61. The van der Waals surface area contributed by atoms with Crippen molar-refractivity contribution in [2.24, 2.45) is 0 Å². The van der Waals surface area contributed by atoms with E-state index in [4.69, 9.17) is 14.4 Å². The molecule has 1 aliphatic rings. The van der Waals surface area contributed by atoms with Crippen LogP contribution in [0.3, 0.4) is 0 Å². The summed E-state index contributed by atoms with van der Waals surface area (Å²) < 4.78 is 0. The molecule has 0 spiro atoms. The van der Waals surface area contributed by atoms with Crippen LogP contribution in [0.25, 0.3) is 0 Å². The summed E-state index contributed by atoms with van der Waals surface area (Å²) >= 11 is 0. The third-order valence-electron chi connectivity index (χ3n) is 1.000. The van der Waals surface area contributed by atoms with Gasteiger partial charge in [-0.1, -0.05) is 25.7 Å². The summed E-state index contributed by atoms with van der Waals surface area (Å²) in [6.45, 7) is 13.5. The van der Waals surface area contributed by atoms with E-state index < -0.39 is 0 Å². The van der Waals surface area contributed by atoms with Crippen molar-refractivity contribution >= 4 is 20.4 Å². The van der Waals surface area contributed by atoms with Crippen LogP contribution in [-0.2, 0) is 31.5 Å². The van der Waals surface area contributed by atoms with Gasteiger partial charge >= 0.3 is 0 Å². The van der Waals surface area contributed by atoms with Crippen molar-refractivity contribution in [2.45, 2.75) is 25.7 Å². The molecule has 1 saturated carbocycles. The number of hydrogen-bond acceptors (Lipinski definition) is 3. The van der Waals surface area contributed by atoms with Gasteiger partial charge in [0.05, 0.1) is 0 Å². The molecule has 1 aliphatic carbocycles. The second-order valence-electron chi connectivity index (χ2n) is 1.41. The van der Waals surface area contributed by atoms with Gasteiger partial charge in [-0.2, -0.15) is 0 Å². The zero-order valence-corrected chi connectivity index (χ0v) is 7.01. The van der Waals surface area contributed by atoms with Crippen LogP contribution in [0.15, 0.2) is 0 Å². The second kappa shape index (κ2) is 55.7. The molecule has 62 valence electrons. The monoisotopic (exact) mass is 196 g/mol. The van der Waals surface area contributed by atoms with Crippen molar-refractivity contribution in [3.63, 3.8) is 0 Å². The summed E-state index contributed by atoms with van der Waals surface area (Å²) in [6.07, 6.45) is 6.00. The quantitative estimate of drug-likeness (QED) is 0.525. The molecule has 0 aromatic heterocycles. The molecule has 0 saturated heterocycles. The van der Waals surface area contributed by atoms with Crippen molar-refractivity contribution in [3.05, 3.63) is 0 Å². The van der Waals surface area contributed by atoms with Crippen molar-refractivity contribution in [1.82, 2.24) is 0 Å². The molecule has 0 bridgehead atoms. The van der Waals surface area contributed by atoms with E-state index in [-0.39, 0.29) is 17.1 Å². The Kier molecular flexibility index (Phi) is 113. The summed E-state index contributed by atoms with van der Waals surface area (Å²) in [5, 5.41) is 0. The molecule has 3 nitrogen and oxygen atoms in total. The largest absolute Gasteiger partial charge is 0.281 e. The summed E-state index contributed by atoms with van der Waals surface area (Å²) in [5.41, 5.74) is 0. The molecule has 0 atom stereocenters. The standard InChI is InChI=1S/C4H8.3CO.Fe/c1-2-4-3-1;3*1-2;/h1-4H2;;;;. The van der Waals surface area contributed by atoms with Crippen molar-refractivity contribution < 1.29 is 31.5 Å². The predicted molar refractivity (Wildman–Crippen MR) is 35.5 cm³/mol. The summed E-state index contributed by atoms with van der Waals surface area (Å²) in [4.78, 5) is 22.5. The van der Waals surface area contributed by atoms with E-state index in [1.165, 1.54) is 25.7 Å². The number of hydrogen-bond donors (Lipinski definition) is 0. The van der Waals surface area contributed by atoms with E-state index >= 15 is 0 Å². The molecule has 0 N–H and O–H groups in total. The molecule has 0 heterocycles. The first-order chi connectivity index (χ1) is 5.00. The van der Waals surface area contributed by atoms with Crippen LogP contribution in [0.5, 0.6) is 0 Å². The van der Waals surface area contributed by atoms with Gasteiger partial charge in [0.25, 0.3) is 20.4 Å². The number of carbonyl (C=O) groups excluding carboxylic acids is 3. The van der Waals surface area contributed by atoms with Gasteiger partial charge in [-0.15, -0.1) is 0 Å². The van der Waals surface area contributed by atoms with E-state index in [1.54, 1.807) is 0 Å². The van der Waals surface area contributed by atoms with Crippen molar-refractivity contribution in [2.75, 3.05) is 0 Å². The molecule has 6 radical (unpaired) electrons. The molecule has 0 aromatic carbocycles. The van der Waals surface area contributed by atoms with Gasteiger partial charge < -0.3 is 0 Å². The van der Waals surface area contributed by atoms with E-state index in [1.807, 2.05) is 0 Å². The van der Waals surface area contributed by atoms with E-state index in [0.29, 0.717) is 0 Å². The Bertz CT molecular complexity index is 40.2. The van der Waals surface area contributed by atoms with Crippen LogP contribution < -0.4 is 0 Å². The Morgan fingerprint density at radius 1 is 0.545 bits per heavy atom. The summed E-state index contributed by atoms with van der Waals surface area (Å²) in [6, 6.07) is 0.